The van der Waals surface area contributed by atoms with Crippen molar-refractivity contribution in [2.45, 2.75) is 63.3 Å². The fourth-order valence-electron chi connectivity index (χ4n) is 5.78. The number of nitrogens with two attached hydrogens (primary N) is 1. The number of nitrogens with zero attached hydrogens (tertiary/aromatic N) is 1. The van der Waals surface area contributed by atoms with Gasteiger partial charge in [0, 0.05) is 13.0 Å². The minimum absolute atomic E-state index is 0.294. The zero-order chi connectivity index (χ0) is 18.9. The van der Waals surface area contributed by atoms with Crippen molar-refractivity contribution in [3.05, 3.63) is 64.7 Å². The molecule has 1 aliphatic carbocycles. The van der Waals surface area contributed by atoms with E-state index in [1.165, 1.54) is 61.0 Å². The smallest absolute Gasteiger partial charge is 0.125 e. The topological polar surface area (TPSA) is 38.5 Å². The molecule has 2 atom stereocenters. The molecule has 3 nitrogen and oxygen atoms in total. The SMILES string of the molecule is NN1CCC[C@@H](Cc2cc(C3CCCC3)cc3c2OCC3)[C@H]1c1ccccc1. The molecule has 28 heavy (non-hydrogen) atoms. The Morgan fingerprint density at radius 2 is 1.79 bits per heavy atom. The number of hydrogen-bond donors (Lipinski definition) is 1. The van der Waals surface area contributed by atoms with E-state index in [1.807, 2.05) is 0 Å². The molecule has 1 saturated heterocycles. The summed E-state index contributed by atoms with van der Waals surface area (Å²) in [6.07, 6.45) is 10.0. The summed E-state index contributed by atoms with van der Waals surface area (Å²) in [5.74, 6) is 8.97. The Hall–Kier alpha value is -1.84. The molecule has 0 bridgehead atoms. The maximum atomic E-state index is 6.50. The molecule has 0 radical (unpaired) electrons. The van der Waals surface area contributed by atoms with E-state index in [9.17, 15) is 0 Å². The van der Waals surface area contributed by atoms with Crippen LogP contribution in [0.25, 0.3) is 0 Å². The van der Waals surface area contributed by atoms with Gasteiger partial charge in [-0.15, -0.1) is 0 Å². The Bertz CT molecular complexity index is 813. The number of rotatable bonds is 4. The summed E-state index contributed by atoms with van der Waals surface area (Å²) in [6.45, 7) is 1.82. The van der Waals surface area contributed by atoms with Gasteiger partial charge in [0.1, 0.15) is 5.75 Å². The van der Waals surface area contributed by atoms with Crippen LogP contribution >= 0.6 is 0 Å². The first kappa shape index (κ1) is 18.2. The van der Waals surface area contributed by atoms with Crippen LogP contribution in [-0.2, 0) is 12.8 Å². The summed E-state index contributed by atoms with van der Waals surface area (Å²) in [6, 6.07) is 16.1. The summed E-state index contributed by atoms with van der Waals surface area (Å²) < 4.78 is 6.11. The zero-order valence-corrected chi connectivity index (χ0v) is 16.8. The number of fused-ring (bicyclic) bond motifs is 1. The van der Waals surface area contributed by atoms with Crippen LogP contribution in [-0.4, -0.2) is 18.2 Å². The first-order valence-corrected chi connectivity index (χ1v) is 11.1. The van der Waals surface area contributed by atoms with Gasteiger partial charge in [-0.2, -0.15) is 0 Å². The average molecular weight is 377 g/mol. The van der Waals surface area contributed by atoms with E-state index in [-0.39, 0.29) is 0 Å². The molecule has 148 valence electrons. The molecule has 2 aromatic rings. The summed E-state index contributed by atoms with van der Waals surface area (Å²) in [4.78, 5) is 0. The summed E-state index contributed by atoms with van der Waals surface area (Å²) in [5, 5.41) is 2.07. The Kier molecular flexibility index (Phi) is 5.13. The van der Waals surface area contributed by atoms with E-state index in [0.29, 0.717) is 12.0 Å². The third-order valence-corrected chi connectivity index (χ3v) is 7.13. The Morgan fingerprint density at radius 3 is 2.61 bits per heavy atom. The van der Waals surface area contributed by atoms with Crippen LogP contribution in [0.4, 0.5) is 0 Å². The minimum atomic E-state index is 0.294. The lowest BCUT2D eigenvalue weighted by Gasteiger charge is -2.39. The third kappa shape index (κ3) is 3.46. The van der Waals surface area contributed by atoms with Crippen molar-refractivity contribution in [2.75, 3.05) is 13.2 Å². The Balaban J connectivity index is 1.47. The lowest BCUT2D eigenvalue weighted by atomic mass is 9.80. The number of hydrogen-bond acceptors (Lipinski definition) is 3. The lowest BCUT2D eigenvalue weighted by Crippen LogP contribution is -2.44. The first-order chi connectivity index (χ1) is 13.8. The van der Waals surface area contributed by atoms with Gasteiger partial charge in [0.25, 0.3) is 0 Å². The Labute approximate surface area is 168 Å². The van der Waals surface area contributed by atoms with Gasteiger partial charge >= 0.3 is 0 Å². The molecule has 3 heteroatoms. The zero-order valence-electron chi connectivity index (χ0n) is 16.8. The van der Waals surface area contributed by atoms with Gasteiger partial charge in [-0.05, 0) is 66.2 Å². The van der Waals surface area contributed by atoms with Gasteiger partial charge in [-0.1, -0.05) is 55.3 Å². The van der Waals surface area contributed by atoms with Gasteiger partial charge in [0.2, 0.25) is 0 Å². The molecule has 2 aliphatic heterocycles. The van der Waals surface area contributed by atoms with Crippen LogP contribution in [0.3, 0.4) is 0 Å². The first-order valence-electron chi connectivity index (χ1n) is 11.1. The maximum Gasteiger partial charge on any atom is 0.125 e. The predicted octanol–water partition coefficient (Wildman–Crippen LogP) is 5.15. The highest BCUT2D eigenvalue weighted by molar-refractivity contribution is 5.48. The van der Waals surface area contributed by atoms with Crippen LogP contribution in [0.15, 0.2) is 42.5 Å². The molecular weight excluding hydrogens is 344 g/mol. The molecule has 3 aliphatic rings. The highest BCUT2D eigenvalue weighted by Gasteiger charge is 2.33. The molecule has 2 N–H and O–H groups in total. The van der Waals surface area contributed by atoms with Crippen molar-refractivity contribution in [1.29, 1.82) is 0 Å². The third-order valence-electron chi connectivity index (χ3n) is 7.13. The van der Waals surface area contributed by atoms with E-state index >= 15 is 0 Å². The van der Waals surface area contributed by atoms with Gasteiger partial charge in [0.15, 0.2) is 0 Å². The summed E-state index contributed by atoms with van der Waals surface area (Å²) in [7, 11) is 0. The number of hydrazine groups is 1. The van der Waals surface area contributed by atoms with E-state index in [4.69, 9.17) is 10.6 Å². The van der Waals surface area contributed by atoms with Crippen LogP contribution in [0.1, 0.15) is 72.7 Å². The van der Waals surface area contributed by atoms with Gasteiger partial charge in [-0.3, -0.25) is 5.84 Å². The number of ether oxygens (including phenoxy) is 1. The average Bonchev–Trinajstić information content (AvgIpc) is 3.41. The maximum absolute atomic E-state index is 6.50. The molecule has 0 spiro atoms. The molecule has 0 unspecified atom stereocenters. The van der Waals surface area contributed by atoms with Crippen molar-refractivity contribution in [1.82, 2.24) is 5.01 Å². The molecule has 1 saturated carbocycles. The predicted molar refractivity (Wildman–Crippen MR) is 113 cm³/mol. The van der Waals surface area contributed by atoms with Crippen LogP contribution in [0.2, 0.25) is 0 Å². The molecule has 0 aromatic heterocycles. The monoisotopic (exact) mass is 376 g/mol. The molecule has 2 fully saturated rings. The summed E-state index contributed by atoms with van der Waals surface area (Å²) in [5.41, 5.74) is 5.78. The fourth-order valence-corrected chi connectivity index (χ4v) is 5.78. The lowest BCUT2D eigenvalue weighted by molar-refractivity contribution is 0.0922. The highest BCUT2D eigenvalue weighted by atomic mass is 16.5. The van der Waals surface area contributed by atoms with E-state index in [1.54, 1.807) is 5.56 Å². The van der Waals surface area contributed by atoms with Crippen molar-refractivity contribution in [3.63, 3.8) is 0 Å². The second kappa shape index (κ2) is 7.88. The quantitative estimate of drug-likeness (QED) is 0.750. The van der Waals surface area contributed by atoms with Crippen molar-refractivity contribution in [3.8, 4) is 5.75 Å². The van der Waals surface area contributed by atoms with Crippen molar-refractivity contribution >= 4 is 0 Å². The van der Waals surface area contributed by atoms with Crippen LogP contribution < -0.4 is 10.6 Å². The molecule has 2 aromatic carbocycles. The highest BCUT2D eigenvalue weighted by Crippen LogP contribution is 2.42. The molecular formula is C25H32N2O. The van der Waals surface area contributed by atoms with Crippen LogP contribution in [0, 0.1) is 5.92 Å². The summed E-state index contributed by atoms with van der Waals surface area (Å²) >= 11 is 0. The van der Waals surface area contributed by atoms with Gasteiger partial charge in [-0.25, -0.2) is 5.01 Å². The normalized spacial score (nSPS) is 25.6. The van der Waals surface area contributed by atoms with E-state index in [0.717, 1.165) is 31.9 Å². The van der Waals surface area contributed by atoms with Gasteiger partial charge < -0.3 is 4.74 Å². The number of piperidine rings is 1. The second-order valence-electron chi connectivity index (χ2n) is 8.95. The largest absolute Gasteiger partial charge is 0.493 e. The Morgan fingerprint density at radius 1 is 0.964 bits per heavy atom. The van der Waals surface area contributed by atoms with Crippen molar-refractivity contribution in [2.24, 2.45) is 11.8 Å². The molecule has 5 rings (SSSR count). The molecule has 2 heterocycles. The van der Waals surface area contributed by atoms with E-state index in [2.05, 4.69) is 47.5 Å². The number of benzene rings is 2. The van der Waals surface area contributed by atoms with Gasteiger partial charge in [0.05, 0.1) is 12.6 Å². The second-order valence-corrected chi connectivity index (χ2v) is 8.95. The fraction of sp³-hybridized carbons (Fsp3) is 0.520. The van der Waals surface area contributed by atoms with Crippen molar-refractivity contribution < 1.29 is 4.74 Å². The van der Waals surface area contributed by atoms with Crippen LogP contribution in [0.5, 0.6) is 5.75 Å². The molecule has 0 amide bonds. The minimum Gasteiger partial charge on any atom is -0.493 e. The van der Waals surface area contributed by atoms with E-state index < -0.39 is 0 Å². The standard InChI is InChI=1S/C25H32N2O/c26-27-13-6-11-20(24(27)19-9-2-1-3-10-19)15-23-17-22(18-7-4-5-8-18)16-21-12-14-28-25(21)23/h1-3,9-10,16-18,20,24H,4-8,11-15,26H2/t20-,24+/m0/s1.